The van der Waals surface area contributed by atoms with Crippen molar-refractivity contribution in [2.45, 2.75) is 57.9 Å². The topological polar surface area (TPSA) is 38.0 Å². The number of benzene rings is 1. The summed E-state index contributed by atoms with van der Waals surface area (Å²) in [6.45, 7) is 11.0. The molecular formula is C17H28N2. The quantitative estimate of drug-likeness (QED) is 0.799. The lowest BCUT2D eigenvalue weighted by Crippen LogP contribution is -2.36. The zero-order chi connectivity index (χ0) is 14.1. The molecule has 2 heteroatoms. The van der Waals surface area contributed by atoms with Crippen molar-refractivity contribution in [2.75, 3.05) is 13.1 Å². The van der Waals surface area contributed by atoms with E-state index in [0.29, 0.717) is 0 Å². The van der Waals surface area contributed by atoms with Gasteiger partial charge < -0.3 is 11.1 Å². The van der Waals surface area contributed by atoms with E-state index in [-0.39, 0.29) is 11.0 Å². The molecule has 2 rings (SSSR count). The van der Waals surface area contributed by atoms with E-state index in [0.717, 1.165) is 19.5 Å². The van der Waals surface area contributed by atoms with Crippen LogP contribution in [0.25, 0.3) is 0 Å². The molecule has 19 heavy (non-hydrogen) atoms. The maximum atomic E-state index is 6.06. The number of aryl methyl sites for hydroxylation is 1. The van der Waals surface area contributed by atoms with Gasteiger partial charge in [-0.1, -0.05) is 39.0 Å². The van der Waals surface area contributed by atoms with Crippen molar-refractivity contribution in [3.63, 3.8) is 0 Å². The molecule has 1 fully saturated rings. The molecule has 1 aromatic rings. The number of rotatable bonds is 5. The Hall–Kier alpha value is -0.860. The van der Waals surface area contributed by atoms with Crippen molar-refractivity contribution >= 4 is 0 Å². The molecule has 0 amide bonds. The molecule has 1 aromatic carbocycles. The molecule has 1 saturated carbocycles. The highest BCUT2D eigenvalue weighted by molar-refractivity contribution is 5.34. The van der Waals surface area contributed by atoms with E-state index < -0.39 is 0 Å². The lowest BCUT2D eigenvalue weighted by Gasteiger charge is -2.20. The number of hydrogen-bond acceptors (Lipinski definition) is 2. The smallest absolute Gasteiger partial charge is 0.0282 e. The van der Waals surface area contributed by atoms with Crippen LogP contribution in [0, 0.1) is 6.92 Å². The van der Waals surface area contributed by atoms with Gasteiger partial charge in [-0.25, -0.2) is 0 Å². The van der Waals surface area contributed by atoms with Crippen molar-refractivity contribution in [3.05, 3.63) is 34.9 Å². The van der Waals surface area contributed by atoms with Gasteiger partial charge in [0.1, 0.15) is 0 Å². The summed E-state index contributed by atoms with van der Waals surface area (Å²) in [4.78, 5) is 0. The molecule has 0 radical (unpaired) electrons. The summed E-state index contributed by atoms with van der Waals surface area (Å²) < 4.78 is 0. The summed E-state index contributed by atoms with van der Waals surface area (Å²) in [5.74, 6) is 0. The fourth-order valence-corrected chi connectivity index (χ4v) is 2.34. The van der Waals surface area contributed by atoms with E-state index in [4.69, 9.17) is 5.73 Å². The summed E-state index contributed by atoms with van der Waals surface area (Å²) in [6.07, 6.45) is 3.45. The Morgan fingerprint density at radius 2 is 1.95 bits per heavy atom. The molecule has 0 aromatic heterocycles. The van der Waals surface area contributed by atoms with Crippen LogP contribution in [0.4, 0.5) is 0 Å². The Morgan fingerprint density at radius 3 is 2.47 bits per heavy atom. The molecule has 0 unspecified atom stereocenters. The Kier molecular flexibility index (Phi) is 4.03. The monoisotopic (exact) mass is 260 g/mol. The lowest BCUT2D eigenvalue weighted by atomic mass is 9.85. The predicted molar refractivity (Wildman–Crippen MR) is 82.6 cm³/mol. The molecule has 0 bridgehead atoms. The van der Waals surface area contributed by atoms with Crippen LogP contribution >= 0.6 is 0 Å². The van der Waals surface area contributed by atoms with Crippen LogP contribution in [0.1, 0.15) is 50.3 Å². The van der Waals surface area contributed by atoms with Gasteiger partial charge in [-0.15, -0.1) is 0 Å². The Labute approximate surface area is 117 Å². The first-order chi connectivity index (χ1) is 8.80. The number of hydrogen-bond donors (Lipinski definition) is 2. The summed E-state index contributed by atoms with van der Waals surface area (Å²) in [5, 5.41) is 3.48. The summed E-state index contributed by atoms with van der Waals surface area (Å²) in [7, 11) is 0. The SMILES string of the molecule is Cc1cc(C(C)(C)C)ccc1CCNCC1(N)CC1. The van der Waals surface area contributed by atoms with Gasteiger partial charge in [0.2, 0.25) is 0 Å². The Morgan fingerprint density at radius 1 is 1.26 bits per heavy atom. The molecule has 0 atom stereocenters. The third-order valence-electron chi connectivity index (χ3n) is 4.15. The highest BCUT2D eigenvalue weighted by atomic mass is 15.0. The predicted octanol–water partition coefficient (Wildman–Crippen LogP) is 2.92. The number of nitrogens with two attached hydrogens (primary N) is 1. The van der Waals surface area contributed by atoms with Crippen LogP contribution in [0.2, 0.25) is 0 Å². The van der Waals surface area contributed by atoms with Gasteiger partial charge in [-0.05, 0) is 54.8 Å². The average molecular weight is 260 g/mol. The van der Waals surface area contributed by atoms with Gasteiger partial charge in [0.05, 0.1) is 0 Å². The zero-order valence-electron chi connectivity index (χ0n) is 12.8. The highest BCUT2D eigenvalue weighted by Crippen LogP contribution is 2.31. The van der Waals surface area contributed by atoms with E-state index in [1.165, 1.54) is 29.5 Å². The molecule has 0 aliphatic heterocycles. The van der Waals surface area contributed by atoms with Crippen molar-refractivity contribution in [1.29, 1.82) is 0 Å². The maximum Gasteiger partial charge on any atom is 0.0282 e. The van der Waals surface area contributed by atoms with Gasteiger partial charge in [-0.3, -0.25) is 0 Å². The van der Waals surface area contributed by atoms with Crippen molar-refractivity contribution in [1.82, 2.24) is 5.32 Å². The highest BCUT2D eigenvalue weighted by Gasteiger charge is 2.37. The maximum absolute atomic E-state index is 6.06. The summed E-state index contributed by atoms with van der Waals surface area (Å²) >= 11 is 0. The minimum absolute atomic E-state index is 0.116. The van der Waals surface area contributed by atoms with Crippen LogP contribution in [0.15, 0.2) is 18.2 Å². The molecule has 1 aliphatic rings. The van der Waals surface area contributed by atoms with Gasteiger partial charge in [-0.2, -0.15) is 0 Å². The normalized spacial score (nSPS) is 17.5. The molecular weight excluding hydrogens is 232 g/mol. The fraction of sp³-hybridized carbons (Fsp3) is 0.647. The first kappa shape index (κ1) is 14.5. The van der Waals surface area contributed by atoms with Crippen molar-refractivity contribution < 1.29 is 0 Å². The van der Waals surface area contributed by atoms with Gasteiger partial charge >= 0.3 is 0 Å². The zero-order valence-corrected chi connectivity index (χ0v) is 12.8. The fourth-order valence-electron chi connectivity index (χ4n) is 2.34. The molecule has 0 spiro atoms. The largest absolute Gasteiger partial charge is 0.324 e. The van der Waals surface area contributed by atoms with E-state index in [9.17, 15) is 0 Å². The van der Waals surface area contributed by atoms with Crippen LogP contribution in [0.5, 0.6) is 0 Å². The average Bonchev–Trinajstić information content (AvgIpc) is 3.03. The van der Waals surface area contributed by atoms with E-state index >= 15 is 0 Å². The Balaban J connectivity index is 1.86. The second-order valence-electron chi connectivity index (χ2n) is 7.18. The Bertz CT molecular complexity index is 439. The third-order valence-corrected chi connectivity index (χ3v) is 4.15. The van der Waals surface area contributed by atoms with Crippen LogP contribution < -0.4 is 11.1 Å². The van der Waals surface area contributed by atoms with Crippen LogP contribution in [-0.4, -0.2) is 18.6 Å². The molecule has 1 aliphatic carbocycles. The van der Waals surface area contributed by atoms with E-state index in [1.807, 2.05) is 0 Å². The molecule has 2 nitrogen and oxygen atoms in total. The van der Waals surface area contributed by atoms with E-state index in [2.05, 4.69) is 51.2 Å². The standard InChI is InChI=1S/C17H28N2/c1-13-11-15(16(2,3)4)6-5-14(13)7-10-19-12-17(18)8-9-17/h5-6,11,19H,7-10,12,18H2,1-4H3. The second-order valence-corrected chi connectivity index (χ2v) is 7.18. The molecule has 106 valence electrons. The van der Waals surface area contributed by atoms with Crippen LogP contribution in [0.3, 0.4) is 0 Å². The van der Waals surface area contributed by atoms with Gasteiger partial charge in [0.25, 0.3) is 0 Å². The first-order valence-corrected chi connectivity index (χ1v) is 7.40. The second kappa shape index (κ2) is 5.26. The third kappa shape index (κ3) is 4.05. The lowest BCUT2D eigenvalue weighted by molar-refractivity contribution is 0.569. The number of nitrogens with one attached hydrogen (secondary N) is 1. The van der Waals surface area contributed by atoms with Gasteiger partial charge in [0.15, 0.2) is 0 Å². The van der Waals surface area contributed by atoms with Crippen molar-refractivity contribution in [3.8, 4) is 0 Å². The minimum atomic E-state index is 0.116. The summed E-state index contributed by atoms with van der Waals surface area (Å²) in [5.41, 5.74) is 10.7. The van der Waals surface area contributed by atoms with Crippen LogP contribution in [-0.2, 0) is 11.8 Å². The molecule has 0 heterocycles. The molecule has 0 saturated heterocycles. The van der Waals surface area contributed by atoms with E-state index in [1.54, 1.807) is 0 Å². The summed E-state index contributed by atoms with van der Waals surface area (Å²) in [6, 6.07) is 6.89. The first-order valence-electron chi connectivity index (χ1n) is 7.40. The molecule has 3 N–H and O–H groups in total. The van der Waals surface area contributed by atoms with Gasteiger partial charge in [0, 0.05) is 12.1 Å². The minimum Gasteiger partial charge on any atom is -0.324 e. The van der Waals surface area contributed by atoms with Crippen molar-refractivity contribution in [2.24, 2.45) is 5.73 Å².